The molecule has 6 heteroatoms. The van der Waals surface area contributed by atoms with Gasteiger partial charge in [-0.15, -0.1) is 11.3 Å². The van der Waals surface area contributed by atoms with Gasteiger partial charge in [0.05, 0.1) is 5.51 Å². The fourth-order valence-corrected chi connectivity index (χ4v) is 0.956. The van der Waals surface area contributed by atoms with E-state index >= 15 is 0 Å². The normalized spacial score (nSPS) is 8.83. The summed E-state index contributed by atoms with van der Waals surface area (Å²) in [5.41, 5.74) is 1.79. The Kier molecular flexibility index (Phi) is 3.69. The van der Waals surface area contributed by atoms with Crippen LogP contribution >= 0.6 is 22.9 Å². The van der Waals surface area contributed by atoms with E-state index in [0.29, 0.717) is 5.82 Å². The van der Waals surface area contributed by atoms with E-state index in [2.05, 4.69) is 19.6 Å². The van der Waals surface area contributed by atoms with Gasteiger partial charge in [-0.1, -0.05) is 5.16 Å². The lowest BCUT2D eigenvalue weighted by molar-refractivity contribution is 0.414. The van der Waals surface area contributed by atoms with Crippen LogP contribution in [0.5, 0.6) is 0 Å². The molecule has 0 aliphatic rings. The van der Waals surface area contributed by atoms with E-state index in [0.717, 1.165) is 0 Å². The predicted molar refractivity (Wildman–Crippen MR) is 46.2 cm³/mol. The van der Waals surface area contributed by atoms with Crippen molar-refractivity contribution < 1.29 is 4.52 Å². The van der Waals surface area contributed by atoms with Crippen molar-refractivity contribution in [3.8, 4) is 0 Å². The number of aryl methyl sites for hydroxylation is 1. The van der Waals surface area contributed by atoms with Crippen molar-refractivity contribution in [2.45, 2.75) is 6.92 Å². The highest BCUT2D eigenvalue weighted by Gasteiger charge is 1.92. The molecule has 0 saturated heterocycles. The van der Waals surface area contributed by atoms with Crippen LogP contribution in [0.4, 0.5) is 0 Å². The average Bonchev–Trinajstić information content (AvgIpc) is 2.63. The van der Waals surface area contributed by atoms with Crippen molar-refractivity contribution in [3.05, 3.63) is 28.3 Å². The van der Waals surface area contributed by atoms with Crippen LogP contribution in [0.15, 0.2) is 21.6 Å². The lowest BCUT2D eigenvalue weighted by Gasteiger charge is -1.61. The van der Waals surface area contributed by atoms with Crippen LogP contribution in [0, 0.1) is 6.92 Å². The maximum atomic E-state index is 5.22. The molecule has 0 bridgehead atoms. The van der Waals surface area contributed by atoms with E-state index < -0.39 is 0 Å². The van der Waals surface area contributed by atoms with Crippen LogP contribution in [0.25, 0.3) is 0 Å². The molecule has 0 saturated carbocycles. The minimum atomic E-state index is 0.0949. The summed E-state index contributed by atoms with van der Waals surface area (Å²) < 4.78 is 4.37. The zero-order valence-corrected chi connectivity index (χ0v) is 7.84. The number of aromatic nitrogens is 3. The van der Waals surface area contributed by atoms with E-state index in [1.54, 1.807) is 30.0 Å². The number of rotatable bonds is 0. The average molecular weight is 204 g/mol. The van der Waals surface area contributed by atoms with Gasteiger partial charge in [0.2, 0.25) is 0 Å². The third kappa shape index (κ3) is 3.45. The first-order chi connectivity index (χ1) is 5.79. The molecule has 0 unspecified atom stereocenters. The monoisotopic (exact) mass is 203 g/mol. The second kappa shape index (κ2) is 4.84. The fourth-order valence-electron chi connectivity index (χ4n) is 0.447. The van der Waals surface area contributed by atoms with Crippen LogP contribution in [0.1, 0.15) is 5.82 Å². The summed E-state index contributed by atoms with van der Waals surface area (Å²) in [4.78, 5) is 7.34. The minimum absolute atomic E-state index is 0.0949. The predicted octanol–water partition coefficient (Wildman–Crippen LogP) is 2.17. The molecule has 0 aromatic carbocycles. The maximum Gasteiger partial charge on any atom is 0.320 e. The van der Waals surface area contributed by atoms with Crippen LogP contribution in [-0.2, 0) is 0 Å². The topological polar surface area (TPSA) is 51.8 Å². The number of nitrogens with zero attached hydrogens (tertiary/aromatic N) is 3. The molecule has 0 aliphatic carbocycles. The molecule has 0 radical (unpaired) electrons. The van der Waals surface area contributed by atoms with Gasteiger partial charge in [0, 0.05) is 11.6 Å². The van der Waals surface area contributed by atoms with Gasteiger partial charge in [-0.05, 0) is 18.5 Å². The molecule has 0 atom stereocenters. The standard InChI is InChI=1S/C3H3ClN2O.C3H3NS/c1-2-5-3(4)7-6-2;1-2-5-3-4-1/h1H3;1-3H. The van der Waals surface area contributed by atoms with Gasteiger partial charge in [-0.3, -0.25) is 4.98 Å². The molecule has 0 N–H and O–H groups in total. The molecule has 0 amide bonds. The van der Waals surface area contributed by atoms with Crippen LogP contribution in [0.2, 0.25) is 5.35 Å². The Balaban J connectivity index is 0.000000127. The Morgan fingerprint density at radius 2 is 2.42 bits per heavy atom. The molecule has 2 heterocycles. The minimum Gasteiger partial charge on any atom is -0.321 e. The second-order valence-corrected chi connectivity index (χ2v) is 2.85. The van der Waals surface area contributed by atoms with Gasteiger partial charge in [0.15, 0.2) is 5.82 Å². The first kappa shape index (κ1) is 9.15. The van der Waals surface area contributed by atoms with Crippen molar-refractivity contribution in [2.24, 2.45) is 0 Å². The van der Waals surface area contributed by atoms with E-state index in [1.807, 2.05) is 5.38 Å². The lowest BCUT2D eigenvalue weighted by Crippen LogP contribution is -1.67. The maximum absolute atomic E-state index is 5.22. The van der Waals surface area contributed by atoms with E-state index in [9.17, 15) is 0 Å². The summed E-state index contributed by atoms with van der Waals surface area (Å²) in [6.07, 6.45) is 1.77. The number of thiazole rings is 1. The summed E-state index contributed by atoms with van der Waals surface area (Å²) in [7, 11) is 0. The Morgan fingerprint density at radius 3 is 2.58 bits per heavy atom. The molecular formula is C6H6ClN3OS. The van der Waals surface area contributed by atoms with Gasteiger partial charge in [0.1, 0.15) is 0 Å². The van der Waals surface area contributed by atoms with Gasteiger partial charge in [-0.2, -0.15) is 4.98 Å². The molecule has 2 aromatic rings. The van der Waals surface area contributed by atoms with Gasteiger partial charge in [-0.25, -0.2) is 0 Å². The fraction of sp³-hybridized carbons (Fsp3) is 0.167. The van der Waals surface area contributed by atoms with Gasteiger partial charge < -0.3 is 4.52 Å². The second-order valence-electron chi connectivity index (χ2n) is 1.77. The zero-order chi connectivity index (χ0) is 8.81. The quantitative estimate of drug-likeness (QED) is 0.659. The zero-order valence-electron chi connectivity index (χ0n) is 6.27. The summed E-state index contributed by atoms with van der Waals surface area (Å²) >= 11 is 6.82. The van der Waals surface area contributed by atoms with Crippen LogP contribution < -0.4 is 0 Å². The molecule has 0 fully saturated rings. The number of halogens is 1. The largest absolute Gasteiger partial charge is 0.321 e. The molecule has 12 heavy (non-hydrogen) atoms. The molecule has 2 rings (SSSR count). The summed E-state index contributed by atoms with van der Waals surface area (Å²) in [6, 6.07) is 0. The first-order valence-corrected chi connectivity index (χ1v) is 4.39. The van der Waals surface area contributed by atoms with Crippen molar-refractivity contribution in [3.63, 3.8) is 0 Å². The lowest BCUT2D eigenvalue weighted by atomic mass is 10.8. The molecule has 0 aliphatic heterocycles. The van der Waals surface area contributed by atoms with Crippen LogP contribution in [-0.4, -0.2) is 15.1 Å². The van der Waals surface area contributed by atoms with E-state index in [4.69, 9.17) is 11.6 Å². The summed E-state index contributed by atoms with van der Waals surface area (Å²) in [5, 5.41) is 5.42. The van der Waals surface area contributed by atoms with Crippen molar-refractivity contribution in [2.75, 3.05) is 0 Å². The SMILES string of the molecule is Cc1noc(Cl)n1.c1cscn1. The first-order valence-electron chi connectivity index (χ1n) is 3.07. The van der Waals surface area contributed by atoms with Crippen LogP contribution in [0.3, 0.4) is 0 Å². The van der Waals surface area contributed by atoms with Gasteiger partial charge in [0.25, 0.3) is 0 Å². The summed E-state index contributed by atoms with van der Waals surface area (Å²) in [5.74, 6) is 0.560. The number of hydrogen-bond donors (Lipinski definition) is 0. The van der Waals surface area contributed by atoms with E-state index in [1.165, 1.54) is 0 Å². The Labute approximate surface area is 78.2 Å². The molecule has 4 nitrogen and oxygen atoms in total. The highest BCUT2D eigenvalue weighted by atomic mass is 35.5. The smallest absolute Gasteiger partial charge is 0.320 e. The third-order valence-electron chi connectivity index (χ3n) is 0.850. The molecular weight excluding hydrogens is 198 g/mol. The van der Waals surface area contributed by atoms with E-state index in [-0.39, 0.29) is 5.35 Å². The highest BCUT2D eigenvalue weighted by molar-refractivity contribution is 7.07. The van der Waals surface area contributed by atoms with Crippen molar-refractivity contribution >= 4 is 22.9 Å². The summed E-state index contributed by atoms with van der Waals surface area (Å²) in [6.45, 7) is 1.70. The Bertz CT molecular complexity index is 274. The highest BCUT2D eigenvalue weighted by Crippen LogP contribution is 2.00. The number of hydrogen-bond acceptors (Lipinski definition) is 5. The van der Waals surface area contributed by atoms with Crippen molar-refractivity contribution in [1.82, 2.24) is 15.1 Å². The third-order valence-corrected chi connectivity index (χ3v) is 1.53. The Morgan fingerprint density at radius 1 is 1.58 bits per heavy atom. The molecule has 64 valence electrons. The van der Waals surface area contributed by atoms with Crippen molar-refractivity contribution in [1.29, 1.82) is 0 Å². The molecule has 0 spiro atoms. The Hall–Kier alpha value is -0.940. The van der Waals surface area contributed by atoms with Gasteiger partial charge >= 0.3 is 5.35 Å². The molecule has 2 aromatic heterocycles.